The van der Waals surface area contributed by atoms with Crippen molar-refractivity contribution in [2.75, 3.05) is 11.9 Å². The van der Waals surface area contributed by atoms with Gasteiger partial charge in [0.05, 0.1) is 16.6 Å². The number of para-hydroxylation sites is 1. The van der Waals surface area contributed by atoms with Crippen LogP contribution in [0.25, 0.3) is 10.9 Å². The van der Waals surface area contributed by atoms with Crippen LogP contribution in [0.5, 0.6) is 0 Å². The van der Waals surface area contributed by atoms with Crippen molar-refractivity contribution in [3.8, 4) is 0 Å². The Kier molecular flexibility index (Phi) is 6.44. The van der Waals surface area contributed by atoms with Crippen LogP contribution in [0, 0.1) is 0 Å². The van der Waals surface area contributed by atoms with Crippen LogP contribution in [0.4, 0.5) is 5.69 Å². The van der Waals surface area contributed by atoms with Crippen molar-refractivity contribution >= 4 is 34.4 Å². The number of carbonyl (C=O) groups is 3. The van der Waals surface area contributed by atoms with Gasteiger partial charge in [-0.15, -0.1) is 0 Å². The quantitative estimate of drug-likeness (QED) is 0.580. The standard InChI is InChI=1S/C25H24N2O5/c28-22(26-17-13-11-16(12-14-17)24(29)30)15-32-25(31)23-18-7-3-1-2-4-9-20(18)27-21-10-6-5-8-19(21)23/h5-6,8,10-14H,1-4,7,9,15H2,(H,26,28)(H,29,30). The molecule has 0 saturated heterocycles. The number of fused-ring (bicyclic) bond motifs is 2. The highest BCUT2D eigenvalue weighted by molar-refractivity contribution is 6.06. The normalized spacial score (nSPS) is 13.5. The summed E-state index contributed by atoms with van der Waals surface area (Å²) in [6.45, 7) is -0.440. The number of aryl methyl sites for hydroxylation is 1. The molecule has 2 N–H and O–H groups in total. The molecule has 0 spiro atoms. The summed E-state index contributed by atoms with van der Waals surface area (Å²) in [5.74, 6) is -2.07. The van der Waals surface area contributed by atoms with Gasteiger partial charge < -0.3 is 15.2 Å². The molecule has 0 bridgehead atoms. The highest BCUT2D eigenvalue weighted by Crippen LogP contribution is 2.29. The lowest BCUT2D eigenvalue weighted by Crippen LogP contribution is -2.22. The highest BCUT2D eigenvalue weighted by Gasteiger charge is 2.23. The van der Waals surface area contributed by atoms with Gasteiger partial charge in [0.1, 0.15) is 0 Å². The number of anilines is 1. The summed E-state index contributed by atoms with van der Waals surface area (Å²) in [7, 11) is 0. The molecule has 4 rings (SSSR count). The lowest BCUT2D eigenvalue weighted by Gasteiger charge is -2.18. The predicted octanol–water partition coefficient (Wildman–Crippen LogP) is 4.39. The van der Waals surface area contributed by atoms with Gasteiger partial charge in [-0.05, 0) is 61.6 Å². The summed E-state index contributed by atoms with van der Waals surface area (Å²) in [6.07, 6.45) is 5.88. The molecule has 7 nitrogen and oxygen atoms in total. The second-order valence-corrected chi connectivity index (χ2v) is 7.85. The van der Waals surface area contributed by atoms with Gasteiger partial charge >= 0.3 is 11.9 Å². The predicted molar refractivity (Wildman–Crippen MR) is 120 cm³/mol. The van der Waals surface area contributed by atoms with E-state index in [1.54, 1.807) is 0 Å². The van der Waals surface area contributed by atoms with Crippen molar-refractivity contribution < 1.29 is 24.2 Å². The number of hydrogen-bond acceptors (Lipinski definition) is 5. The molecule has 0 fully saturated rings. The molecular formula is C25H24N2O5. The van der Waals surface area contributed by atoms with E-state index in [4.69, 9.17) is 14.8 Å². The first kappa shape index (κ1) is 21.5. The number of pyridine rings is 1. The van der Waals surface area contributed by atoms with Crippen LogP contribution in [0.3, 0.4) is 0 Å². The second-order valence-electron chi connectivity index (χ2n) is 7.85. The molecule has 164 valence electrons. The zero-order chi connectivity index (χ0) is 22.5. The smallest absolute Gasteiger partial charge is 0.339 e. The Balaban J connectivity index is 1.52. The van der Waals surface area contributed by atoms with Crippen molar-refractivity contribution in [2.45, 2.75) is 38.5 Å². The third-order valence-electron chi connectivity index (χ3n) is 5.62. The fourth-order valence-corrected chi connectivity index (χ4v) is 4.06. The molecule has 0 radical (unpaired) electrons. The van der Waals surface area contributed by atoms with E-state index in [1.807, 2.05) is 24.3 Å². The molecule has 7 heteroatoms. The number of carbonyl (C=O) groups excluding carboxylic acids is 2. The second kappa shape index (κ2) is 9.60. The minimum absolute atomic E-state index is 0.121. The first-order valence-corrected chi connectivity index (χ1v) is 10.7. The van der Waals surface area contributed by atoms with Gasteiger partial charge in [-0.2, -0.15) is 0 Å². The average Bonchev–Trinajstić information content (AvgIpc) is 2.77. The molecule has 0 atom stereocenters. The van der Waals surface area contributed by atoms with Crippen LogP contribution >= 0.6 is 0 Å². The fourth-order valence-electron chi connectivity index (χ4n) is 4.06. The van der Waals surface area contributed by atoms with Crippen molar-refractivity contribution in [3.05, 3.63) is 70.9 Å². The Morgan fingerprint density at radius 3 is 2.41 bits per heavy atom. The zero-order valence-corrected chi connectivity index (χ0v) is 17.6. The number of ether oxygens (including phenoxy) is 1. The van der Waals surface area contributed by atoms with Crippen LogP contribution < -0.4 is 5.32 Å². The van der Waals surface area contributed by atoms with Crippen LogP contribution in [0.2, 0.25) is 0 Å². The third kappa shape index (κ3) is 4.77. The monoisotopic (exact) mass is 432 g/mol. The van der Waals surface area contributed by atoms with Gasteiger partial charge in [-0.3, -0.25) is 9.78 Å². The van der Waals surface area contributed by atoms with Gasteiger partial charge in [0.25, 0.3) is 5.91 Å². The van der Waals surface area contributed by atoms with E-state index in [9.17, 15) is 14.4 Å². The molecule has 1 heterocycles. The Bertz CT molecular complexity index is 1170. The number of hydrogen-bond donors (Lipinski definition) is 2. The number of esters is 1. The Morgan fingerprint density at radius 2 is 1.66 bits per heavy atom. The molecule has 1 aliphatic carbocycles. The van der Waals surface area contributed by atoms with Crippen molar-refractivity contribution in [1.82, 2.24) is 4.98 Å². The van der Waals surface area contributed by atoms with Gasteiger partial charge in [0.15, 0.2) is 6.61 Å². The Morgan fingerprint density at radius 1 is 0.938 bits per heavy atom. The summed E-state index contributed by atoms with van der Waals surface area (Å²) in [6, 6.07) is 13.3. The molecule has 2 aromatic carbocycles. The van der Waals surface area contributed by atoms with Gasteiger partial charge in [-0.1, -0.05) is 31.0 Å². The molecule has 32 heavy (non-hydrogen) atoms. The fraction of sp³-hybridized carbons (Fsp3) is 0.280. The van der Waals surface area contributed by atoms with E-state index in [2.05, 4.69) is 5.32 Å². The van der Waals surface area contributed by atoms with E-state index >= 15 is 0 Å². The Labute approximate surface area is 185 Å². The van der Waals surface area contributed by atoms with Crippen LogP contribution in [-0.4, -0.2) is 34.5 Å². The molecule has 1 aliphatic rings. The van der Waals surface area contributed by atoms with Crippen molar-refractivity contribution in [1.29, 1.82) is 0 Å². The van der Waals surface area contributed by atoms with Gasteiger partial charge in [0.2, 0.25) is 0 Å². The zero-order valence-electron chi connectivity index (χ0n) is 17.6. The van der Waals surface area contributed by atoms with Gasteiger partial charge in [0, 0.05) is 16.8 Å². The highest BCUT2D eigenvalue weighted by atomic mass is 16.5. The topological polar surface area (TPSA) is 106 Å². The molecule has 3 aromatic rings. The third-order valence-corrected chi connectivity index (χ3v) is 5.62. The van der Waals surface area contributed by atoms with E-state index in [0.717, 1.165) is 60.7 Å². The largest absolute Gasteiger partial charge is 0.478 e. The minimum Gasteiger partial charge on any atom is -0.478 e. The maximum absolute atomic E-state index is 13.1. The van der Waals surface area contributed by atoms with Crippen molar-refractivity contribution in [3.63, 3.8) is 0 Å². The Hall–Kier alpha value is -3.74. The summed E-state index contributed by atoms with van der Waals surface area (Å²) >= 11 is 0. The molecule has 0 saturated carbocycles. The first-order valence-electron chi connectivity index (χ1n) is 10.7. The van der Waals surface area contributed by atoms with Gasteiger partial charge in [-0.25, -0.2) is 9.59 Å². The molecule has 0 aliphatic heterocycles. The number of benzene rings is 2. The van der Waals surface area contributed by atoms with Crippen LogP contribution in [0.1, 0.15) is 57.7 Å². The maximum atomic E-state index is 13.1. The van der Waals surface area contributed by atoms with Crippen LogP contribution in [0.15, 0.2) is 48.5 Å². The molecule has 1 amide bonds. The lowest BCUT2D eigenvalue weighted by molar-refractivity contribution is -0.119. The average molecular weight is 432 g/mol. The number of nitrogens with zero attached hydrogens (tertiary/aromatic N) is 1. The van der Waals surface area contributed by atoms with Crippen LogP contribution in [-0.2, 0) is 22.4 Å². The molecule has 0 unspecified atom stereocenters. The summed E-state index contributed by atoms with van der Waals surface area (Å²) in [5.41, 5.74) is 3.68. The van der Waals surface area contributed by atoms with E-state index in [-0.39, 0.29) is 5.56 Å². The summed E-state index contributed by atoms with van der Waals surface area (Å²) < 4.78 is 5.40. The number of carboxylic acid groups (broad SMARTS) is 1. The number of aromatic carboxylic acids is 1. The number of aromatic nitrogens is 1. The summed E-state index contributed by atoms with van der Waals surface area (Å²) in [4.78, 5) is 41.1. The maximum Gasteiger partial charge on any atom is 0.339 e. The van der Waals surface area contributed by atoms with E-state index < -0.39 is 24.5 Å². The van der Waals surface area contributed by atoms with E-state index in [1.165, 1.54) is 24.3 Å². The molecular weight excluding hydrogens is 408 g/mol. The lowest BCUT2D eigenvalue weighted by atomic mass is 9.91. The summed E-state index contributed by atoms with van der Waals surface area (Å²) in [5, 5.41) is 12.3. The van der Waals surface area contributed by atoms with Crippen molar-refractivity contribution in [2.24, 2.45) is 0 Å². The number of nitrogens with one attached hydrogen (secondary N) is 1. The first-order chi connectivity index (χ1) is 15.5. The number of amides is 1. The molecule has 1 aromatic heterocycles. The van der Waals surface area contributed by atoms with E-state index in [0.29, 0.717) is 11.3 Å². The number of carboxylic acids is 1. The number of rotatable bonds is 5. The minimum atomic E-state index is -1.05. The SMILES string of the molecule is O=C(COC(=O)c1c2c(nc3ccccc13)CCCCCC2)Nc1ccc(C(=O)O)cc1.